The second-order valence-corrected chi connectivity index (χ2v) is 6.15. The molecule has 1 unspecified atom stereocenters. The zero-order valence-electron chi connectivity index (χ0n) is 13.4. The van der Waals surface area contributed by atoms with Crippen LogP contribution in [0.5, 0.6) is 0 Å². The summed E-state index contributed by atoms with van der Waals surface area (Å²) in [6, 6.07) is 14.5. The van der Waals surface area contributed by atoms with Crippen molar-refractivity contribution in [2.24, 2.45) is 4.99 Å². The summed E-state index contributed by atoms with van der Waals surface area (Å²) in [7, 11) is 0. The summed E-state index contributed by atoms with van der Waals surface area (Å²) >= 11 is 6.19. The summed E-state index contributed by atoms with van der Waals surface area (Å²) in [6.45, 7) is 1.63. The van der Waals surface area contributed by atoms with Crippen LogP contribution in [0, 0.1) is 0 Å². The number of carbonyl (C=O) groups is 1. The number of fused-ring (bicyclic) bond motifs is 1. The monoisotopic (exact) mass is 342 g/mol. The Labute approximate surface area is 146 Å². The lowest BCUT2D eigenvalue weighted by molar-refractivity contribution is -0.120. The Morgan fingerprint density at radius 2 is 1.96 bits per heavy atom. The van der Waals surface area contributed by atoms with Crippen molar-refractivity contribution in [3.63, 3.8) is 0 Å². The lowest BCUT2D eigenvalue weighted by atomic mass is 10.0. The third-order valence-electron chi connectivity index (χ3n) is 4.09. The maximum Gasteiger partial charge on any atom is 0.253 e. The highest BCUT2D eigenvalue weighted by Crippen LogP contribution is 2.31. The second-order valence-electron chi connectivity index (χ2n) is 5.72. The van der Waals surface area contributed by atoms with Gasteiger partial charge in [0, 0.05) is 16.1 Å². The number of nitrogens with zero attached hydrogens (tertiary/aromatic N) is 2. The Kier molecular flexibility index (Phi) is 4.97. The van der Waals surface area contributed by atoms with Crippen molar-refractivity contribution in [1.82, 2.24) is 0 Å². The molecule has 24 heavy (non-hydrogen) atoms. The maximum absolute atomic E-state index is 12.8. The average Bonchev–Trinajstić information content (AvgIpc) is 2.71. The maximum atomic E-state index is 12.8. The van der Waals surface area contributed by atoms with Crippen molar-refractivity contribution >= 4 is 28.9 Å². The van der Waals surface area contributed by atoms with Gasteiger partial charge in [0.25, 0.3) is 5.91 Å². The molecule has 4 nitrogen and oxygen atoms in total. The number of aliphatic hydroxyl groups excluding tert-OH is 1. The van der Waals surface area contributed by atoms with Crippen molar-refractivity contribution in [3.8, 4) is 0 Å². The van der Waals surface area contributed by atoms with Gasteiger partial charge in [0.15, 0.2) is 0 Å². The quantitative estimate of drug-likeness (QED) is 0.922. The van der Waals surface area contributed by atoms with Gasteiger partial charge in [-0.15, -0.1) is 0 Å². The first-order valence-electron chi connectivity index (χ1n) is 8.01. The first kappa shape index (κ1) is 16.7. The van der Waals surface area contributed by atoms with Crippen molar-refractivity contribution in [2.75, 3.05) is 11.6 Å². The van der Waals surface area contributed by atoms with E-state index < -0.39 is 6.04 Å². The van der Waals surface area contributed by atoms with Crippen LogP contribution in [0.2, 0.25) is 5.02 Å². The Morgan fingerprint density at radius 1 is 1.21 bits per heavy atom. The summed E-state index contributed by atoms with van der Waals surface area (Å²) in [5.41, 5.74) is 3.05. The van der Waals surface area contributed by atoms with E-state index in [1.54, 1.807) is 18.2 Å². The number of rotatable bonds is 4. The molecule has 5 heteroatoms. The Hall–Kier alpha value is -2.17. The topological polar surface area (TPSA) is 52.9 Å². The molecule has 1 atom stereocenters. The number of anilines is 1. The van der Waals surface area contributed by atoms with Crippen LogP contribution in [0.1, 0.15) is 30.9 Å². The lowest BCUT2D eigenvalue weighted by Crippen LogP contribution is -2.38. The summed E-state index contributed by atoms with van der Waals surface area (Å²) in [6.07, 6.45) is 1.46. The van der Waals surface area contributed by atoms with Gasteiger partial charge in [-0.2, -0.15) is 0 Å². The average molecular weight is 343 g/mol. The fourth-order valence-electron chi connectivity index (χ4n) is 2.95. The van der Waals surface area contributed by atoms with E-state index >= 15 is 0 Å². The van der Waals surface area contributed by atoms with Gasteiger partial charge in [-0.05, 0) is 24.6 Å². The SMILES string of the molecule is CCCC1N=C(c2ccccc2)c2cc(Cl)ccc2N(CO)C1=O. The van der Waals surface area contributed by atoms with Crippen LogP contribution in [0.4, 0.5) is 5.69 Å². The molecule has 2 aromatic rings. The van der Waals surface area contributed by atoms with Crippen molar-refractivity contribution < 1.29 is 9.90 Å². The Morgan fingerprint density at radius 3 is 2.62 bits per heavy atom. The smallest absolute Gasteiger partial charge is 0.253 e. The molecule has 2 aromatic carbocycles. The van der Waals surface area contributed by atoms with Gasteiger partial charge in [0.2, 0.25) is 0 Å². The third-order valence-corrected chi connectivity index (χ3v) is 4.33. The first-order chi connectivity index (χ1) is 11.7. The number of hydrogen-bond donors (Lipinski definition) is 1. The van der Waals surface area contributed by atoms with E-state index in [0.29, 0.717) is 17.1 Å². The highest BCUT2D eigenvalue weighted by Gasteiger charge is 2.31. The molecule has 0 saturated heterocycles. The van der Waals surface area contributed by atoms with Gasteiger partial charge >= 0.3 is 0 Å². The number of benzodiazepines with no additional fused rings is 1. The summed E-state index contributed by atoms with van der Waals surface area (Å²) in [5, 5.41) is 10.3. The number of carbonyl (C=O) groups excluding carboxylic acids is 1. The molecule has 3 rings (SSSR count). The van der Waals surface area contributed by atoms with Crippen LogP contribution in [-0.2, 0) is 4.79 Å². The second kappa shape index (κ2) is 7.16. The number of amides is 1. The third kappa shape index (κ3) is 3.07. The van der Waals surface area contributed by atoms with Gasteiger partial charge in [-0.1, -0.05) is 55.3 Å². The van der Waals surface area contributed by atoms with Crippen molar-refractivity contribution in [2.45, 2.75) is 25.8 Å². The van der Waals surface area contributed by atoms with Crippen LogP contribution in [0.3, 0.4) is 0 Å². The molecular weight excluding hydrogens is 324 g/mol. The van der Waals surface area contributed by atoms with Crippen LogP contribution in [-0.4, -0.2) is 29.5 Å². The Balaban J connectivity index is 2.25. The molecule has 0 aromatic heterocycles. The molecule has 1 N–H and O–H groups in total. The van der Waals surface area contributed by atoms with Gasteiger partial charge in [-0.25, -0.2) is 0 Å². The van der Waals surface area contributed by atoms with Crippen LogP contribution < -0.4 is 4.90 Å². The van der Waals surface area contributed by atoms with E-state index in [9.17, 15) is 9.90 Å². The minimum Gasteiger partial charge on any atom is -0.376 e. The minimum atomic E-state index is -0.511. The zero-order chi connectivity index (χ0) is 17.1. The van der Waals surface area contributed by atoms with Crippen molar-refractivity contribution in [1.29, 1.82) is 0 Å². The standard InChI is InChI=1S/C19H19ClN2O2/c1-2-6-16-19(24)22(12-23)17-10-9-14(20)11-15(17)18(21-16)13-7-4-3-5-8-13/h3-5,7-11,16,23H,2,6,12H2,1H3. The van der Waals surface area contributed by atoms with E-state index in [1.807, 2.05) is 37.3 Å². The summed E-state index contributed by atoms with van der Waals surface area (Å²) < 4.78 is 0. The van der Waals surface area contributed by atoms with Crippen molar-refractivity contribution in [3.05, 3.63) is 64.7 Å². The van der Waals surface area contributed by atoms with E-state index in [4.69, 9.17) is 16.6 Å². The van der Waals surface area contributed by atoms with Gasteiger partial charge in [0.1, 0.15) is 12.8 Å². The van der Waals surface area contributed by atoms with Crippen LogP contribution >= 0.6 is 11.6 Å². The molecule has 0 fully saturated rings. The van der Waals surface area contributed by atoms with Crippen LogP contribution in [0.25, 0.3) is 0 Å². The molecular formula is C19H19ClN2O2. The molecule has 0 bridgehead atoms. The van der Waals surface area contributed by atoms with Gasteiger partial charge in [0.05, 0.1) is 11.4 Å². The minimum absolute atomic E-state index is 0.186. The van der Waals surface area contributed by atoms with E-state index in [2.05, 4.69) is 0 Å². The predicted octanol–water partition coefficient (Wildman–Crippen LogP) is 3.64. The normalized spacial score (nSPS) is 17.3. The van der Waals surface area contributed by atoms with E-state index in [0.717, 1.165) is 23.3 Å². The lowest BCUT2D eigenvalue weighted by Gasteiger charge is -2.22. The largest absolute Gasteiger partial charge is 0.376 e. The molecule has 1 heterocycles. The fraction of sp³-hybridized carbons (Fsp3) is 0.263. The number of aliphatic imine (C=N–C) groups is 1. The summed E-state index contributed by atoms with van der Waals surface area (Å²) in [5.74, 6) is -0.186. The highest BCUT2D eigenvalue weighted by molar-refractivity contribution is 6.32. The Bertz CT molecular complexity index is 774. The molecule has 0 aliphatic carbocycles. The highest BCUT2D eigenvalue weighted by atomic mass is 35.5. The van der Waals surface area contributed by atoms with E-state index in [-0.39, 0.29) is 12.6 Å². The molecule has 0 saturated carbocycles. The van der Waals surface area contributed by atoms with E-state index in [1.165, 1.54) is 4.90 Å². The molecule has 0 radical (unpaired) electrons. The van der Waals surface area contributed by atoms with Gasteiger partial charge in [-0.3, -0.25) is 14.7 Å². The number of hydrogen-bond acceptors (Lipinski definition) is 3. The molecule has 1 aliphatic rings. The molecule has 1 amide bonds. The molecule has 124 valence electrons. The van der Waals surface area contributed by atoms with Gasteiger partial charge < -0.3 is 5.11 Å². The summed E-state index contributed by atoms with van der Waals surface area (Å²) in [4.78, 5) is 19.0. The molecule has 1 aliphatic heterocycles. The molecule has 0 spiro atoms. The zero-order valence-corrected chi connectivity index (χ0v) is 14.2. The predicted molar refractivity (Wildman–Crippen MR) is 96.8 cm³/mol. The van der Waals surface area contributed by atoms with Crippen LogP contribution in [0.15, 0.2) is 53.5 Å². The fourth-order valence-corrected chi connectivity index (χ4v) is 3.12. The number of aliphatic hydroxyl groups is 1. The number of benzene rings is 2. The first-order valence-corrected chi connectivity index (χ1v) is 8.39. The number of halogens is 1.